The van der Waals surface area contributed by atoms with Crippen LogP contribution in [-0.2, 0) is 14.9 Å². The number of benzene rings is 2. The van der Waals surface area contributed by atoms with Crippen molar-refractivity contribution < 1.29 is 18.7 Å². The molecule has 2 aromatic rings. The summed E-state index contributed by atoms with van der Waals surface area (Å²) >= 11 is 6.32. The number of hydrogen-bond acceptors (Lipinski definition) is 3. The van der Waals surface area contributed by atoms with Gasteiger partial charge in [-0.15, -0.1) is 0 Å². The maximum atomic E-state index is 14.5. The van der Waals surface area contributed by atoms with Crippen LogP contribution < -0.4 is 10.1 Å². The smallest absolute Gasteiger partial charge is 0.235 e. The summed E-state index contributed by atoms with van der Waals surface area (Å²) in [5, 5.41) is 3.32. The topological polar surface area (TPSA) is 47.6 Å². The van der Waals surface area contributed by atoms with Gasteiger partial charge in [0, 0.05) is 18.4 Å². The molecule has 0 aromatic heterocycles. The van der Waals surface area contributed by atoms with Gasteiger partial charge in [0.1, 0.15) is 17.7 Å². The van der Waals surface area contributed by atoms with Crippen molar-refractivity contribution in [2.24, 2.45) is 0 Å². The van der Waals surface area contributed by atoms with Gasteiger partial charge in [-0.25, -0.2) is 4.39 Å². The highest BCUT2D eigenvalue weighted by atomic mass is 35.5. The maximum Gasteiger partial charge on any atom is 0.235 e. The molecule has 1 aliphatic carbocycles. The van der Waals surface area contributed by atoms with E-state index in [4.69, 9.17) is 21.1 Å². The number of hydrogen-bond donors (Lipinski definition) is 1. The molecule has 1 aliphatic rings. The number of carbonyl (C=O) groups is 1. The average Bonchev–Trinajstić information content (AvgIpc) is 3.15. The van der Waals surface area contributed by atoms with Crippen LogP contribution in [0.4, 0.5) is 10.1 Å². The van der Waals surface area contributed by atoms with Gasteiger partial charge in [0.25, 0.3) is 0 Å². The van der Waals surface area contributed by atoms with Gasteiger partial charge in [-0.05, 0) is 44.0 Å². The average molecular weight is 406 g/mol. The molecule has 4 nitrogen and oxygen atoms in total. The Balaban J connectivity index is 1.80. The molecule has 1 N–H and O–H groups in total. The second-order valence-electron chi connectivity index (χ2n) is 7.25. The summed E-state index contributed by atoms with van der Waals surface area (Å²) in [7, 11) is 1.61. The standard InChI is InChI=1S/C22H25ClFNO3/c1-15(14-27-2)28-20-10-9-16(13-18(20)23)25-21(26)22(11-5-6-12-22)17-7-3-4-8-19(17)24/h3-4,7-10,13,15H,5-6,11-12,14H2,1-2H3,(H,25,26)/t15-/m0/s1. The minimum Gasteiger partial charge on any atom is -0.487 e. The summed E-state index contributed by atoms with van der Waals surface area (Å²) in [6, 6.07) is 11.6. The quantitative estimate of drug-likeness (QED) is 0.676. The van der Waals surface area contributed by atoms with E-state index in [1.54, 1.807) is 43.5 Å². The molecule has 3 rings (SSSR count). The van der Waals surface area contributed by atoms with Gasteiger partial charge >= 0.3 is 0 Å². The molecule has 6 heteroatoms. The molecule has 0 radical (unpaired) electrons. The van der Waals surface area contributed by atoms with E-state index >= 15 is 0 Å². The van der Waals surface area contributed by atoms with Gasteiger partial charge in [0.05, 0.1) is 17.0 Å². The molecule has 1 saturated carbocycles. The van der Waals surface area contributed by atoms with E-state index < -0.39 is 5.41 Å². The summed E-state index contributed by atoms with van der Waals surface area (Å²) in [5.41, 5.74) is 0.175. The summed E-state index contributed by atoms with van der Waals surface area (Å²) in [4.78, 5) is 13.2. The number of nitrogens with one attached hydrogen (secondary N) is 1. The zero-order valence-electron chi connectivity index (χ0n) is 16.1. The Kier molecular flexibility index (Phi) is 6.57. The number of carbonyl (C=O) groups excluding carboxylic acids is 1. The molecule has 1 amide bonds. The van der Waals surface area contributed by atoms with Crippen LogP contribution in [0.15, 0.2) is 42.5 Å². The summed E-state index contributed by atoms with van der Waals surface area (Å²) in [6.07, 6.45) is 2.90. The Hall–Kier alpha value is -2.11. The van der Waals surface area contributed by atoms with Crippen molar-refractivity contribution in [2.75, 3.05) is 19.0 Å². The third-order valence-electron chi connectivity index (χ3n) is 5.20. The lowest BCUT2D eigenvalue weighted by Gasteiger charge is -2.28. The minimum atomic E-state index is -0.847. The van der Waals surface area contributed by atoms with Crippen molar-refractivity contribution in [3.63, 3.8) is 0 Å². The molecule has 1 fully saturated rings. The van der Waals surface area contributed by atoms with E-state index in [1.165, 1.54) is 6.07 Å². The SMILES string of the molecule is COC[C@H](C)Oc1ccc(NC(=O)C2(c3ccccc3F)CCCC2)cc1Cl. The first-order valence-corrected chi connectivity index (χ1v) is 9.85. The summed E-state index contributed by atoms with van der Waals surface area (Å²) in [5.74, 6) is -0.0186. The molecular formula is C22H25ClFNO3. The highest BCUT2D eigenvalue weighted by Crippen LogP contribution is 2.43. The van der Waals surface area contributed by atoms with Crippen LogP contribution in [0.1, 0.15) is 38.2 Å². The van der Waals surface area contributed by atoms with Crippen LogP contribution in [0.5, 0.6) is 5.75 Å². The normalized spacial score (nSPS) is 16.6. The largest absolute Gasteiger partial charge is 0.487 e. The molecule has 150 valence electrons. The van der Waals surface area contributed by atoms with E-state index in [0.29, 0.717) is 41.5 Å². The monoisotopic (exact) mass is 405 g/mol. The van der Waals surface area contributed by atoms with Crippen LogP contribution in [0.25, 0.3) is 0 Å². The van der Waals surface area contributed by atoms with Crippen LogP contribution in [0.3, 0.4) is 0 Å². The Morgan fingerprint density at radius 3 is 2.61 bits per heavy atom. The summed E-state index contributed by atoms with van der Waals surface area (Å²) in [6.45, 7) is 2.33. The van der Waals surface area contributed by atoms with E-state index in [9.17, 15) is 9.18 Å². The Bertz CT molecular complexity index is 836. The van der Waals surface area contributed by atoms with Crippen LogP contribution in [0.2, 0.25) is 5.02 Å². The van der Waals surface area contributed by atoms with Gasteiger partial charge < -0.3 is 14.8 Å². The maximum absolute atomic E-state index is 14.5. The zero-order valence-corrected chi connectivity index (χ0v) is 16.9. The van der Waals surface area contributed by atoms with Crippen LogP contribution >= 0.6 is 11.6 Å². The van der Waals surface area contributed by atoms with Gasteiger partial charge in [-0.1, -0.05) is 42.6 Å². The van der Waals surface area contributed by atoms with Crippen LogP contribution in [-0.4, -0.2) is 25.7 Å². The third kappa shape index (κ3) is 4.31. The van der Waals surface area contributed by atoms with Crippen molar-refractivity contribution in [3.05, 3.63) is 58.9 Å². The molecule has 0 aliphatic heterocycles. The fourth-order valence-electron chi connectivity index (χ4n) is 3.86. The Morgan fingerprint density at radius 2 is 1.96 bits per heavy atom. The predicted octanol–water partition coefficient (Wildman–Crippen LogP) is 5.34. The van der Waals surface area contributed by atoms with Crippen molar-refractivity contribution in [1.82, 2.24) is 0 Å². The second kappa shape index (κ2) is 8.93. The molecule has 0 unspecified atom stereocenters. The lowest BCUT2D eigenvalue weighted by atomic mass is 9.77. The predicted molar refractivity (Wildman–Crippen MR) is 109 cm³/mol. The molecule has 0 spiro atoms. The highest BCUT2D eigenvalue weighted by molar-refractivity contribution is 6.32. The summed E-state index contributed by atoms with van der Waals surface area (Å²) < 4.78 is 25.2. The van der Waals surface area contributed by atoms with Crippen molar-refractivity contribution in [3.8, 4) is 5.75 Å². The molecule has 28 heavy (non-hydrogen) atoms. The number of methoxy groups -OCH3 is 1. The molecule has 1 atom stereocenters. The fraction of sp³-hybridized carbons (Fsp3) is 0.409. The lowest BCUT2D eigenvalue weighted by molar-refractivity contribution is -0.121. The molecular weight excluding hydrogens is 381 g/mol. The van der Waals surface area contributed by atoms with Gasteiger partial charge in [0.15, 0.2) is 0 Å². The lowest BCUT2D eigenvalue weighted by Crippen LogP contribution is -2.38. The zero-order chi connectivity index (χ0) is 20.1. The third-order valence-corrected chi connectivity index (χ3v) is 5.50. The Labute approximate surface area is 170 Å². The second-order valence-corrected chi connectivity index (χ2v) is 7.66. The van der Waals surface area contributed by atoms with Gasteiger partial charge in [-0.3, -0.25) is 4.79 Å². The van der Waals surface area contributed by atoms with E-state index in [1.807, 2.05) is 6.92 Å². The van der Waals surface area contributed by atoms with Crippen LogP contribution in [0, 0.1) is 5.82 Å². The van der Waals surface area contributed by atoms with Gasteiger partial charge in [-0.2, -0.15) is 0 Å². The van der Waals surface area contributed by atoms with Crippen molar-refractivity contribution in [1.29, 1.82) is 0 Å². The van der Waals surface area contributed by atoms with E-state index in [-0.39, 0.29) is 17.8 Å². The fourth-order valence-corrected chi connectivity index (χ4v) is 4.08. The molecule has 0 bridgehead atoms. The first kappa shape index (κ1) is 20.6. The number of ether oxygens (including phenoxy) is 2. The van der Waals surface area contributed by atoms with Crippen molar-refractivity contribution >= 4 is 23.2 Å². The number of halogens is 2. The number of amides is 1. The Morgan fingerprint density at radius 1 is 1.25 bits per heavy atom. The van der Waals surface area contributed by atoms with Crippen molar-refractivity contribution in [2.45, 2.75) is 44.1 Å². The molecule has 0 saturated heterocycles. The first-order chi connectivity index (χ1) is 13.5. The van der Waals surface area contributed by atoms with E-state index in [2.05, 4.69) is 5.32 Å². The highest BCUT2D eigenvalue weighted by Gasteiger charge is 2.44. The molecule has 2 aromatic carbocycles. The number of anilines is 1. The first-order valence-electron chi connectivity index (χ1n) is 9.48. The van der Waals surface area contributed by atoms with E-state index in [0.717, 1.165) is 12.8 Å². The molecule has 0 heterocycles. The van der Waals surface area contributed by atoms with Gasteiger partial charge in [0.2, 0.25) is 5.91 Å². The number of rotatable bonds is 7. The minimum absolute atomic E-state index is 0.147.